The second-order valence-corrected chi connectivity index (χ2v) is 34.5. The van der Waals surface area contributed by atoms with Crippen LogP contribution in [0, 0.1) is 0 Å². The fourth-order valence-electron chi connectivity index (χ4n) is 19.4. The molecule has 8 nitrogen and oxygen atoms in total. The first-order valence-electron chi connectivity index (χ1n) is 41.9. The molecule has 0 aliphatic heterocycles. The SMILES string of the molecule is c1ccc(-c2ccc(-c3nc(-c4cccc(-c5cccc(-c6ccc7ccc8cc(-c9nc(-c%10ccc%11c(ccc%12ccccc%12%11)c%10)nc(-c%10ccc(-n%11c%12ccccc%12c%12cc%13ccccc%13cc%12%11)c%11c%10sc%10ccccc%10%11)n9)ccc8c7c6)c5)c4)nc(-c4ccc(-n5c6ccccc6c6cc7ccccc7cc65)c5c4sc4ccccc45)n3)cc2)cc1. The van der Waals surface area contributed by atoms with Crippen molar-refractivity contribution in [3.05, 3.63) is 400 Å². The van der Waals surface area contributed by atoms with Gasteiger partial charge in [-0.05, 0) is 201 Å². The van der Waals surface area contributed by atoms with Crippen molar-refractivity contribution in [1.82, 2.24) is 39.0 Å². The first-order valence-corrected chi connectivity index (χ1v) is 43.6. The Balaban J connectivity index is 0.580. The average molecular weight is 1610 g/mol. The summed E-state index contributed by atoms with van der Waals surface area (Å²) in [5, 5.41) is 23.6. The molecule has 6 aromatic heterocycles. The molecule has 0 unspecified atom stereocenters. The summed E-state index contributed by atoms with van der Waals surface area (Å²) in [6.45, 7) is 0. The molecule has 20 aromatic carbocycles. The van der Waals surface area contributed by atoms with Gasteiger partial charge in [0, 0.05) is 95.3 Å². The Morgan fingerprint density at radius 2 is 0.508 bits per heavy atom. The number of hydrogen-bond acceptors (Lipinski definition) is 8. The Labute approximate surface area is 718 Å². The van der Waals surface area contributed by atoms with E-state index in [1.165, 1.54) is 79.4 Å². The number of fused-ring (bicyclic) bond motifs is 20. The van der Waals surface area contributed by atoms with E-state index in [4.69, 9.17) is 29.9 Å². The van der Waals surface area contributed by atoms with E-state index in [9.17, 15) is 0 Å². The smallest absolute Gasteiger partial charge is 0.165 e. The van der Waals surface area contributed by atoms with Gasteiger partial charge in [-0.15, -0.1) is 22.7 Å². The lowest BCUT2D eigenvalue weighted by Gasteiger charge is -2.14. The van der Waals surface area contributed by atoms with Crippen molar-refractivity contribution in [2.45, 2.75) is 0 Å². The quantitative estimate of drug-likeness (QED) is 0.120. The van der Waals surface area contributed by atoms with Crippen molar-refractivity contribution in [2.24, 2.45) is 0 Å². The highest BCUT2D eigenvalue weighted by Crippen LogP contribution is 2.50. The minimum Gasteiger partial charge on any atom is -0.309 e. The van der Waals surface area contributed by atoms with Gasteiger partial charge >= 0.3 is 0 Å². The standard InChI is InChI=1S/C114H66N8S2/c1-2-20-67(21-3-1)68-40-45-71(46-41-68)109-115-110(118-113(117-109)92-54-56-99(105-90-34-12-16-38-103(90)123-107(92)105)121-97-36-14-10-32-88(97)95-63-75-23-4-6-25-77(75)65-101(95)121)82-30-19-29-74(59-82)72-27-18-28-73(58-72)79-47-42-70-44-49-81-61-84(51-53-87(81)94(70)62-79)112-116-111(83-50-52-86-80(60-83)48-43-69-22-8-9-31-85(69)86)119-114(120-112)93-55-57-100(106-91-35-13-17-39-104(91)124-108(93)106)122-98-37-15-11-33-89(98)96-64-76-24-5-7-26-78(76)66-102(96)122/h1-66H. The summed E-state index contributed by atoms with van der Waals surface area (Å²) in [6, 6.07) is 145. The van der Waals surface area contributed by atoms with Crippen molar-refractivity contribution < 1.29 is 0 Å². The zero-order valence-electron chi connectivity index (χ0n) is 66.5. The lowest BCUT2D eigenvalue weighted by Crippen LogP contribution is -2.01. The number of benzene rings is 20. The van der Waals surface area contributed by atoms with E-state index in [0.29, 0.717) is 34.9 Å². The molecule has 0 radical (unpaired) electrons. The third-order valence-corrected chi connectivity index (χ3v) is 27.7. The fourth-order valence-corrected chi connectivity index (χ4v) is 21.8. The van der Waals surface area contributed by atoms with Crippen LogP contribution in [-0.2, 0) is 0 Å². The lowest BCUT2D eigenvalue weighted by molar-refractivity contribution is 1.08. The Bertz CT molecular complexity index is 9030. The number of nitrogens with zero attached hydrogens (tertiary/aromatic N) is 8. The minimum atomic E-state index is 0.585. The zero-order chi connectivity index (χ0) is 81.2. The van der Waals surface area contributed by atoms with Crippen LogP contribution < -0.4 is 0 Å². The van der Waals surface area contributed by atoms with Crippen LogP contribution in [-0.4, -0.2) is 39.0 Å². The van der Waals surface area contributed by atoms with Gasteiger partial charge < -0.3 is 9.13 Å². The van der Waals surface area contributed by atoms with E-state index < -0.39 is 0 Å². The van der Waals surface area contributed by atoms with Gasteiger partial charge in [0.25, 0.3) is 0 Å². The molecule has 0 amide bonds. The molecule has 0 bridgehead atoms. The molecule has 26 aromatic rings. The first-order chi connectivity index (χ1) is 61.4. The molecule has 0 atom stereocenters. The zero-order valence-corrected chi connectivity index (χ0v) is 68.1. The topological polar surface area (TPSA) is 87.2 Å². The average Bonchev–Trinajstić information content (AvgIpc) is 1.56. The van der Waals surface area contributed by atoms with Crippen molar-refractivity contribution in [1.29, 1.82) is 0 Å². The van der Waals surface area contributed by atoms with Crippen molar-refractivity contribution >= 4 is 171 Å². The normalized spacial score (nSPS) is 12.0. The van der Waals surface area contributed by atoms with Crippen LogP contribution in [0.1, 0.15) is 0 Å². The number of para-hydroxylation sites is 2. The first kappa shape index (κ1) is 69.9. The van der Waals surface area contributed by atoms with Gasteiger partial charge in [-0.3, -0.25) is 0 Å². The van der Waals surface area contributed by atoms with Crippen LogP contribution >= 0.6 is 22.7 Å². The summed E-state index contributed by atoms with van der Waals surface area (Å²) >= 11 is 3.59. The maximum Gasteiger partial charge on any atom is 0.165 e. The second kappa shape index (κ2) is 27.8. The van der Waals surface area contributed by atoms with Gasteiger partial charge in [0.1, 0.15) is 0 Å². The maximum absolute atomic E-state index is 5.59. The highest BCUT2D eigenvalue weighted by Gasteiger charge is 2.27. The van der Waals surface area contributed by atoms with Crippen LogP contribution in [0.3, 0.4) is 0 Å². The molecular formula is C114H66N8S2. The van der Waals surface area contributed by atoms with E-state index >= 15 is 0 Å². The maximum atomic E-state index is 5.59. The molecule has 0 saturated heterocycles. The van der Waals surface area contributed by atoms with Gasteiger partial charge in [0.05, 0.1) is 33.4 Å². The molecule has 0 N–H and O–H groups in total. The van der Waals surface area contributed by atoms with E-state index in [1.807, 2.05) is 0 Å². The van der Waals surface area contributed by atoms with Crippen molar-refractivity contribution in [3.8, 4) is 113 Å². The van der Waals surface area contributed by atoms with Crippen LogP contribution in [0.15, 0.2) is 400 Å². The highest BCUT2D eigenvalue weighted by molar-refractivity contribution is 7.27. The third kappa shape index (κ3) is 11.3. The van der Waals surface area contributed by atoms with Crippen molar-refractivity contribution in [2.75, 3.05) is 0 Å². The predicted octanol–water partition coefficient (Wildman–Crippen LogP) is 30.9. The van der Waals surface area contributed by atoms with Gasteiger partial charge in [-0.1, -0.05) is 297 Å². The molecule has 574 valence electrons. The number of thiophene rings is 2. The van der Waals surface area contributed by atoms with E-state index in [2.05, 4.69) is 410 Å². The number of rotatable bonds is 11. The number of hydrogen-bond donors (Lipinski definition) is 0. The third-order valence-electron chi connectivity index (χ3n) is 25.3. The van der Waals surface area contributed by atoms with Gasteiger partial charge in [-0.25, -0.2) is 29.9 Å². The molecule has 0 spiro atoms. The summed E-state index contributed by atoms with van der Waals surface area (Å²) in [5.74, 6) is 3.59. The Morgan fingerprint density at radius 3 is 1.04 bits per heavy atom. The molecule has 0 fully saturated rings. The Kier molecular flexibility index (Phi) is 15.7. The summed E-state index contributed by atoms with van der Waals surface area (Å²) in [6.07, 6.45) is 0. The predicted molar refractivity (Wildman–Crippen MR) is 522 cm³/mol. The summed E-state index contributed by atoms with van der Waals surface area (Å²) in [5.41, 5.74) is 18.9. The van der Waals surface area contributed by atoms with Gasteiger partial charge in [-0.2, -0.15) is 0 Å². The Hall–Kier alpha value is -16.0. The molecule has 6 heterocycles. The number of aromatic nitrogens is 8. The van der Waals surface area contributed by atoms with Gasteiger partial charge in [0.2, 0.25) is 0 Å². The summed E-state index contributed by atoms with van der Waals surface area (Å²) in [7, 11) is 0. The largest absolute Gasteiger partial charge is 0.309 e. The molecule has 124 heavy (non-hydrogen) atoms. The molecule has 0 aliphatic rings. The van der Waals surface area contributed by atoms with Gasteiger partial charge in [0.15, 0.2) is 34.9 Å². The molecule has 26 rings (SSSR count). The van der Waals surface area contributed by atoms with Crippen LogP contribution in [0.25, 0.3) is 262 Å². The fraction of sp³-hybridized carbons (Fsp3) is 0. The van der Waals surface area contributed by atoms with E-state index in [0.717, 1.165) is 147 Å². The molecule has 0 aliphatic carbocycles. The molecule has 0 saturated carbocycles. The summed E-state index contributed by atoms with van der Waals surface area (Å²) < 4.78 is 9.54. The molecule has 10 heteroatoms. The monoisotopic (exact) mass is 1610 g/mol. The summed E-state index contributed by atoms with van der Waals surface area (Å²) in [4.78, 5) is 33.1. The van der Waals surface area contributed by atoms with Crippen LogP contribution in [0.2, 0.25) is 0 Å². The highest BCUT2D eigenvalue weighted by atomic mass is 32.1. The van der Waals surface area contributed by atoms with Crippen molar-refractivity contribution in [3.63, 3.8) is 0 Å². The van der Waals surface area contributed by atoms with E-state index in [1.54, 1.807) is 22.7 Å². The Morgan fingerprint density at radius 1 is 0.169 bits per heavy atom. The molecular weight excluding hydrogens is 1550 g/mol. The lowest BCUT2D eigenvalue weighted by atomic mass is 9.94. The minimum absolute atomic E-state index is 0.585. The van der Waals surface area contributed by atoms with Crippen LogP contribution in [0.4, 0.5) is 0 Å². The van der Waals surface area contributed by atoms with E-state index in [-0.39, 0.29) is 0 Å². The van der Waals surface area contributed by atoms with Crippen LogP contribution in [0.5, 0.6) is 0 Å². The second-order valence-electron chi connectivity index (χ2n) is 32.4.